The van der Waals surface area contributed by atoms with Crippen LogP contribution < -0.4 is 0 Å². The number of ether oxygens (including phenoxy) is 1. The summed E-state index contributed by atoms with van der Waals surface area (Å²) in [6.07, 6.45) is 3.93. The lowest BCUT2D eigenvalue weighted by Crippen LogP contribution is -1.98. The van der Waals surface area contributed by atoms with Gasteiger partial charge >= 0.3 is 5.97 Å². The van der Waals surface area contributed by atoms with Crippen molar-refractivity contribution < 1.29 is 9.53 Å². The minimum absolute atomic E-state index is 0.300. The second-order valence-corrected chi connectivity index (χ2v) is 3.42. The van der Waals surface area contributed by atoms with Gasteiger partial charge in [0.1, 0.15) is 0 Å². The van der Waals surface area contributed by atoms with E-state index in [9.17, 15) is 4.79 Å². The Hall–Kier alpha value is -1.28. The normalized spacial score (nSPS) is 10.5. The van der Waals surface area contributed by atoms with Gasteiger partial charge in [-0.05, 0) is 31.0 Å². The molecule has 0 saturated heterocycles. The summed E-state index contributed by atoms with van der Waals surface area (Å²) in [4.78, 5) is 11.0. The van der Waals surface area contributed by atoms with Crippen molar-refractivity contribution in [3.8, 4) is 0 Å². The first-order valence-corrected chi connectivity index (χ1v) is 5.18. The molecule has 2 nitrogen and oxygen atoms in total. The number of allylic oxidation sites excluding steroid dienone is 1. The van der Waals surface area contributed by atoms with Gasteiger partial charge in [-0.15, -0.1) is 0 Å². The summed E-state index contributed by atoms with van der Waals surface area (Å²) in [5.74, 6) is -0.300. The molecule has 0 heterocycles. The maximum absolute atomic E-state index is 11.0. The fraction of sp³-hybridized carbons (Fsp3) is 0.250. The first-order valence-electron chi connectivity index (χ1n) is 4.80. The van der Waals surface area contributed by atoms with Crippen molar-refractivity contribution in [2.24, 2.45) is 0 Å². The summed E-state index contributed by atoms with van der Waals surface area (Å²) in [5, 5.41) is 0.716. The summed E-state index contributed by atoms with van der Waals surface area (Å²) < 4.78 is 4.75. The molecule has 80 valence electrons. The molecule has 0 amide bonds. The smallest absolute Gasteiger partial charge is 0.330 e. The highest BCUT2D eigenvalue weighted by molar-refractivity contribution is 6.30. The zero-order chi connectivity index (χ0) is 11.1. The molecule has 0 fully saturated rings. The Morgan fingerprint density at radius 2 is 2.07 bits per heavy atom. The van der Waals surface area contributed by atoms with E-state index >= 15 is 0 Å². The number of hydrogen-bond acceptors (Lipinski definition) is 2. The quantitative estimate of drug-likeness (QED) is 0.581. The molecule has 0 unspecified atom stereocenters. The third kappa shape index (κ3) is 4.66. The Kier molecular flexibility index (Phi) is 4.91. The van der Waals surface area contributed by atoms with E-state index in [4.69, 9.17) is 16.3 Å². The van der Waals surface area contributed by atoms with E-state index in [-0.39, 0.29) is 5.97 Å². The molecular formula is C12H13ClO2. The SMILES string of the molecule is CCOC(=O)C=CCc1ccc(Cl)cc1. The Bertz CT molecular complexity index is 341. The van der Waals surface area contributed by atoms with Crippen molar-refractivity contribution in [3.63, 3.8) is 0 Å². The fourth-order valence-corrected chi connectivity index (χ4v) is 1.23. The number of carbonyl (C=O) groups is 1. The van der Waals surface area contributed by atoms with Gasteiger partial charge in [-0.3, -0.25) is 0 Å². The summed E-state index contributed by atoms with van der Waals surface area (Å²) in [6, 6.07) is 7.51. The average Bonchev–Trinajstić information content (AvgIpc) is 2.21. The molecule has 0 spiro atoms. The molecule has 3 heteroatoms. The van der Waals surface area contributed by atoms with Crippen LogP contribution in [-0.2, 0) is 16.0 Å². The average molecular weight is 225 g/mol. The highest BCUT2D eigenvalue weighted by atomic mass is 35.5. The summed E-state index contributed by atoms with van der Waals surface area (Å²) in [7, 11) is 0. The van der Waals surface area contributed by atoms with E-state index in [1.165, 1.54) is 6.08 Å². The lowest BCUT2D eigenvalue weighted by atomic mass is 10.1. The van der Waals surface area contributed by atoms with Gasteiger partial charge in [0.15, 0.2) is 0 Å². The molecule has 0 aliphatic carbocycles. The van der Waals surface area contributed by atoms with Gasteiger partial charge in [0.05, 0.1) is 6.61 Å². The van der Waals surface area contributed by atoms with E-state index in [0.29, 0.717) is 18.1 Å². The van der Waals surface area contributed by atoms with Gasteiger partial charge in [-0.1, -0.05) is 29.8 Å². The Labute approximate surface area is 94.5 Å². The molecule has 0 aliphatic heterocycles. The van der Waals surface area contributed by atoms with Crippen molar-refractivity contribution in [3.05, 3.63) is 47.0 Å². The van der Waals surface area contributed by atoms with Crippen LogP contribution in [0.15, 0.2) is 36.4 Å². The van der Waals surface area contributed by atoms with Gasteiger partial charge < -0.3 is 4.74 Å². The molecule has 0 radical (unpaired) electrons. The lowest BCUT2D eigenvalue weighted by Gasteiger charge is -1.97. The second kappa shape index (κ2) is 6.25. The van der Waals surface area contributed by atoms with Crippen LogP contribution >= 0.6 is 11.6 Å². The maximum Gasteiger partial charge on any atom is 0.330 e. The molecule has 0 bridgehead atoms. The number of hydrogen-bond donors (Lipinski definition) is 0. The van der Waals surface area contributed by atoms with E-state index in [2.05, 4.69) is 0 Å². The van der Waals surface area contributed by atoms with Gasteiger partial charge in [0, 0.05) is 11.1 Å². The Morgan fingerprint density at radius 3 is 2.67 bits per heavy atom. The third-order valence-electron chi connectivity index (χ3n) is 1.81. The van der Waals surface area contributed by atoms with Crippen LogP contribution in [0.3, 0.4) is 0 Å². The summed E-state index contributed by atoms with van der Waals surface area (Å²) in [5.41, 5.74) is 1.11. The van der Waals surface area contributed by atoms with Crippen molar-refractivity contribution in [1.82, 2.24) is 0 Å². The monoisotopic (exact) mass is 224 g/mol. The number of carbonyl (C=O) groups excluding carboxylic acids is 1. The highest BCUT2D eigenvalue weighted by Crippen LogP contribution is 2.10. The van der Waals surface area contributed by atoms with Crippen molar-refractivity contribution in [1.29, 1.82) is 0 Å². The highest BCUT2D eigenvalue weighted by Gasteiger charge is 1.93. The molecule has 1 rings (SSSR count). The molecule has 0 saturated carbocycles. The predicted molar refractivity (Wildman–Crippen MR) is 60.9 cm³/mol. The molecule has 0 aliphatic rings. The largest absolute Gasteiger partial charge is 0.463 e. The summed E-state index contributed by atoms with van der Waals surface area (Å²) >= 11 is 5.75. The van der Waals surface area contributed by atoms with Crippen LogP contribution in [0.1, 0.15) is 12.5 Å². The van der Waals surface area contributed by atoms with E-state index in [0.717, 1.165) is 5.56 Å². The van der Waals surface area contributed by atoms with Crippen LogP contribution in [0.2, 0.25) is 5.02 Å². The summed E-state index contributed by atoms with van der Waals surface area (Å²) in [6.45, 7) is 2.19. The van der Waals surface area contributed by atoms with Crippen molar-refractivity contribution in [2.45, 2.75) is 13.3 Å². The van der Waals surface area contributed by atoms with Crippen LogP contribution in [0, 0.1) is 0 Å². The van der Waals surface area contributed by atoms with Gasteiger partial charge in [-0.2, -0.15) is 0 Å². The van der Waals surface area contributed by atoms with E-state index in [1.54, 1.807) is 13.0 Å². The standard InChI is InChI=1S/C12H13ClO2/c1-2-15-12(14)5-3-4-10-6-8-11(13)9-7-10/h3,5-9H,2,4H2,1H3. The molecule has 0 aromatic heterocycles. The van der Waals surface area contributed by atoms with Crippen LogP contribution in [0.25, 0.3) is 0 Å². The van der Waals surface area contributed by atoms with E-state index < -0.39 is 0 Å². The number of esters is 1. The van der Waals surface area contributed by atoms with Crippen LogP contribution in [0.4, 0.5) is 0 Å². The lowest BCUT2D eigenvalue weighted by molar-refractivity contribution is -0.137. The molecule has 15 heavy (non-hydrogen) atoms. The van der Waals surface area contributed by atoms with Gasteiger partial charge in [-0.25, -0.2) is 4.79 Å². The van der Waals surface area contributed by atoms with Crippen molar-refractivity contribution >= 4 is 17.6 Å². The number of halogens is 1. The Morgan fingerprint density at radius 1 is 1.40 bits per heavy atom. The molecule has 1 aromatic rings. The first-order chi connectivity index (χ1) is 7.22. The zero-order valence-corrected chi connectivity index (χ0v) is 9.33. The maximum atomic E-state index is 11.0. The van der Waals surface area contributed by atoms with Crippen molar-refractivity contribution in [2.75, 3.05) is 6.61 Å². The van der Waals surface area contributed by atoms with Crippen LogP contribution in [-0.4, -0.2) is 12.6 Å². The zero-order valence-electron chi connectivity index (χ0n) is 8.57. The molecule has 0 atom stereocenters. The Balaban J connectivity index is 2.43. The fourth-order valence-electron chi connectivity index (χ4n) is 1.10. The molecule has 0 N–H and O–H groups in total. The number of benzene rings is 1. The number of rotatable bonds is 4. The van der Waals surface area contributed by atoms with Gasteiger partial charge in [0.25, 0.3) is 0 Å². The third-order valence-corrected chi connectivity index (χ3v) is 2.06. The van der Waals surface area contributed by atoms with E-state index in [1.807, 2.05) is 24.3 Å². The second-order valence-electron chi connectivity index (χ2n) is 2.99. The van der Waals surface area contributed by atoms with Gasteiger partial charge in [0.2, 0.25) is 0 Å². The predicted octanol–water partition coefficient (Wildman–Crippen LogP) is 3.00. The topological polar surface area (TPSA) is 26.3 Å². The first kappa shape index (κ1) is 11.8. The molecular weight excluding hydrogens is 212 g/mol. The minimum Gasteiger partial charge on any atom is -0.463 e. The van der Waals surface area contributed by atoms with Crippen LogP contribution in [0.5, 0.6) is 0 Å². The minimum atomic E-state index is -0.300. The molecule has 1 aromatic carbocycles.